The highest BCUT2D eigenvalue weighted by atomic mass is 79.9. The smallest absolute Gasteiger partial charge is 0.217 e. The van der Waals surface area contributed by atoms with Crippen molar-refractivity contribution in [3.63, 3.8) is 0 Å². The summed E-state index contributed by atoms with van der Waals surface area (Å²) in [6.07, 6.45) is 0. The van der Waals surface area contributed by atoms with Crippen molar-refractivity contribution in [2.75, 3.05) is 26.4 Å². The standard InChI is InChI=1S/C16H21BrO4/c1-5-19-8-16(9-20-6-2)15(18)13-11(4)14(17)10(3)7-12(13)21-16/h7H,5-6,8-9H2,1-4H3. The molecule has 0 aromatic heterocycles. The van der Waals surface area contributed by atoms with E-state index in [0.717, 1.165) is 15.6 Å². The van der Waals surface area contributed by atoms with Crippen molar-refractivity contribution in [3.8, 4) is 5.75 Å². The first-order valence-electron chi connectivity index (χ1n) is 7.15. The Morgan fingerprint density at radius 3 is 2.29 bits per heavy atom. The van der Waals surface area contributed by atoms with Crippen molar-refractivity contribution in [1.29, 1.82) is 0 Å². The maximum atomic E-state index is 12.9. The topological polar surface area (TPSA) is 44.8 Å². The maximum absolute atomic E-state index is 12.9. The molecule has 1 heterocycles. The minimum Gasteiger partial charge on any atom is -0.473 e. The largest absolute Gasteiger partial charge is 0.473 e. The highest BCUT2D eigenvalue weighted by molar-refractivity contribution is 9.10. The summed E-state index contributed by atoms with van der Waals surface area (Å²) in [5.41, 5.74) is 1.52. The third-order valence-electron chi connectivity index (χ3n) is 3.67. The molecule has 116 valence electrons. The minimum absolute atomic E-state index is 0.0578. The van der Waals surface area contributed by atoms with Crippen LogP contribution in [0.1, 0.15) is 35.3 Å². The van der Waals surface area contributed by atoms with Crippen molar-refractivity contribution in [3.05, 3.63) is 27.2 Å². The minimum atomic E-state index is -1.06. The number of hydrogen-bond donors (Lipinski definition) is 0. The summed E-state index contributed by atoms with van der Waals surface area (Å²) < 4.78 is 17.9. The van der Waals surface area contributed by atoms with Gasteiger partial charge in [-0.1, -0.05) is 15.9 Å². The van der Waals surface area contributed by atoms with Crippen LogP contribution in [0, 0.1) is 13.8 Å². The summed E-state index contributed by atoms with van der Waals surface area (Å²) in [4.78, 5) is 12.9. The first-order chi connectivity index (χ1) is 9.96. The summed E-state index contributed by atoms with van der Waals surface area (Å²) in [5.74, 6) is 0.565. The lowest BCUT2D eigenvalue weighted by molar-refractivity contribution is -0.0469. The van der Waals surface area contributed by atoms with E-state index in [-0.39, 0.29) is 19.0 Å². The van der Waals surface area contributed by atoms with Gasteiger partial charge in [0.15, 0.2) is 0 Å². The van der Waals surface area contributed by atoms with Gasteiger partial charge in [-0.25, -0.2) is 0 Å². The molecule has 1 aromatic rings. The Labute approximate surface area is 133 Å². The normalized spacial score (nSPS) is 16.0. The number of aryl methyl sites for hydroxylation is 1. The number of Topliss-reactive ketones (excluding diaryl/α,β-unsaturated/α-hetero) is 1. The molecule has 0 unspecified atom stereocenters. The van der Waals surface area contributed by atoms with Gasteiger partial charge in [0.05, 0.1) is 18.8 Å². The quantitative estimate of drug-likeness (QED) is 0.782. The number of hydrogen-bond acceptors (Lipinski definition) is 4. The number of carbonyl (C=O) groups is 1. The molecule has 0 N–H and O–H groups in total. The van der Waals surface area contributed by atoms with E-state index in [1.165, 1.54) is 0 Å². The van der Waals surface area contributed by atoms with Crippen LogP contribution < -0.4 is 4.74 Å². The molecule has 21 heavy (non-hydrogen) atoms. The average molecular weight is 357 g/mol. The van der Waals surface area contributed by atoms with Gasteiger partial charge < -0.3 is 14.2 Å². The molecule has 0 spiro atoms. The van der Waals surface area contributed by atoms with Crippen molar-refractivity contribution in [1.82, 2.24) is 0 Å². The van der Waals surface area contributed by atoms with Crippen molar-refractivity contribution in [2.45, 2.75) is 33.3 Å². The summed E-state index contributed by atoms with van der Waals surface area (Å²) in [7, 11) is 0. The predicted octanol–water partition coefficient (Wildman–Crippen LogP) is 3.45. The third kappa shape index (κ3) is 2.87. The molecular weight excluding hydrogens is 336 g/mol. The van der Waals surface area contributed by atoms with E-state index >= 15 is 0 Å². The van der Waals surface area contributed by atoms with E-state index in [4.69, 9.17) is 14.2 Å². The van der Waals surface area contributed by atoms with Gasteiger partial charge >= 0.3 is 0 Å². The number of halogens is 1. The maximum Gasteiger partial charge on any atom is 0.217 e. The number of ether oxygens (including phenoxy) is 3. The van der Waals surface area contributed by atoms with Gasteiger partial charge in [-0.2, -0.15) is 0 Å². The zero-order chi connectivity index (χ0) is 15.6. The Hall–Kier alpha value is -0.910. The van der Waals surface area contributed by atoms with Crippen molar-refractivity contribution >= 4 is 21.7 Å². The van der Waals surface area contributed by atoms with E-state index in [1.54, 1.807) is 0 Å². The molecular formula is C16H21BrO4. The number of carbonyl (C=O) groups excluding carboxylic acids is 1. The summed E-state index contributed by atoms with van der Waals surface area (Å²) in [6.45, 7) is 9.16. The van der Waals surface area contributed by atoms with Crippen LogP contribution in [0.15, 0.2) is 10.5 Å². The summed E-state index contributed by atoms with van der Waals surface area (Å²) >= 11 is 3.53. The van der Waals surface area contributed by atoms with Gasteiger partial charge in [-0.15, -0.1) is 0 Å². The zero-order valence-corrected chi connectivity index (χ0v) is 14.5. The molecule has 1 aliphatic heterocycles. The Morgan fingerprint density at radius 1 is 1.19 bits per heavy atom. The Morgan fingerprint density at radius 2 is 1.76 bits per heavy atom. The Bertz CT molecular complexity index is 546. The monoisotopic (exact) mass is 356 g/mol. The lowest BCUT2D eigenvalue weighted by Gasteiger charge is -2.26. The number of benzene rings is 1. The molecule has 4 nitrogen and oxygen atoms in total. The first kappa shape index (κ1) is 16.5. The van der Waals surface area contributed by atoms with Crippen LogP contribution in [0.4, 0.5) is 0 Å². The number of rotatable bonds is 6. The molecule has 0 atom stereocenters. The molecule has 1 aromatic carbocycles. The molecule has 0 radical (unpaired) electrons. The lowest BCUT2D eigenvalue weighted by atomic mass is 9.93. The molecule has 0 saturated heterocycles. The van der Waals surface area contributed by atoms with Gasteiger partial charge in [0, 0.05) is 17.7 Å². The molecule has 0 fully saturated rings. The summed E-state index contributed by atoms with van der Waals surface area (Å²) in [6, 6.07) is 1.89. The van der Waals surface area contributed by atoms with Crippen LogP contribution in [-0.4, -0.2) is 37.8 Å². The molecule has 0 bridgehead atoms. The Kier molecular flexibility index (Phi) is 5.07. The summed E-state index contributed by atoms with van der Waals surface area (Å²) in [5, 5.41) is 0. The van der Waals surface area contributed by atoms with Crippen LogP contribution >= 0.6 is 15.9 Å². The van der Waals surface area contributed by atoms with Crippen molar-refractivity contribution in [2.24, 2.45) is 0 Å². The predicted molar refractivity (Wildman–Crippen MR) is 84.3 cm³/mol. The van der Waals surface area contributed by atoms with Gasteiger partial charge in [0.1, 0.15) is 5.75 Å². The molecule has 0 amide bonds. The second-order valence-corrected chi connectivity index (χ2v) is 6.00. The van der Waals surface area contributed by atoms with E-state index in [1.807, 2.05) is 33.8 Å². The zero-order valence-electron chi connectivity index (χ0n) is 12.9. The fourth-order valence-electron chi connectivity index (χ4n) is 2.54. The number of fused-ring (bicyclic) bond motifs is 1. The Balaban J connectivity index is 2.43. The van der Waals surface area contributed by atoms with Gasteiger partial charge in [-0.05, 0) is 44.9 Å². The van der Waals surface area contributed by atoms with Crippen LogP contribution in [-0.2, 0) is 9.47 Å². The lowest BCUT2D eigenvalue weighted by Crippen LogP contribution is -2.49. The van der Waals surface area contributed by atoms with Gasteiger partial charge in [-0.3, -0.25) is 4.79 Å². The molecule has 0 saturated carbocycles. The third-order valence-corrected chi connectivity index (χ3v) is 4.89. The molecule has 1 aliphatic rings. The second-order valence-electron chi connectivity index (χ2n) is 5.21. The van der Waals surface area contributed by atoms with E-state index in [9.17, 15) is 4.79 Å². The SMILES string of the molecule is CCOCC1(COCC)Oc2cc(C)c(Br)c(C)c2C1=O. The van der Waals surface area contributed by atoms with Crippen molar-refractivity contribution < 1.29 is 19.0 Å². The van der Waals surface area contributed by atoms with Crippen LogP contribution in [0.5, 0.6) is 5.75 Å². The van der Waals surface area contributed by atoms with Crippen LogP contribution in [0.3, 0.4) is 0 Å². The van der Waals surface area contributed by atoms with Gasteiger partial charge in [0.25, 0.3) is 0 Å². The fraction of sp³-hybridized carbons (Fsp3) is 0.562. The molecule has 2 rings (SSSR count). The first-order valence-corrected chi connectivity index (χ1v) is 7.95. The second kappa shape index (κ2) is 6.46. The van der Waals surface area contributed by atoms with Crippen LogP contribution in [0.25, 0.3) is 0 Å². The number of ketones is 1. The average Bonchev–Trinajstić information content (AvgIpc) is 2.73. The molecule has 0 aliphatic carbocycles. The highest BCUT2D eigenvalue weighted by Crippen LogP contribution is 2.41. The van der Waals surface area contributed by atoms with E-state index in [0.29, 0.717) is 24.5 Å². The van der Waals surface area contributed by atoms with E-state index < -0.39 is 5.60 Å². The molecule has 5 heteroatoms. The highest BCUT2D eigenvalue weighted by Gasteiger charge is 2.49. The fourth-order valence-corrected chi connectivity index (χ4v) is 2.85. The van der Waals surface area contributed by atoms with Gasteiger partial charge in [0.2, 0.25) is 11.4 Å². The van der Waals surface area contributed by atoms with Crippen LogP contribution in [0.2, 0.25) is 0 Å². The van der Waals surface area contributed by atoms with E-state index in [2.05, 4.69) is 15.9 Å².